The number of nitrogens with one attached hydrogen (secondary N) is 1. The molecule has 1 aliphatic heterocycles. The van der Waals surface area contributed by atoms with Crippen molar-refractivity contribution in [1.29, 1.82) is 0 Å². The van der Waals surface area contributed by atoms with E-state index in [0.29, 0.717) is 28.0 Å². The minimum Gasteiger partial charge on any atom is -0.406 e. The summed E-state index contributed by atoms with van der Waals surface area (Å²) in [5.74, 6) is 0.751. The lowest BCUT2D eigenvalue weighted by Gasteiger charge is -2.10. The Morgan fingerprint density at radius 1 is 0.868 bits per heavy atom. The molecule has 13 heteroatoms. The van der Waals surface area contributed by atoms with Gasteiger partial charge in [0.15, 0.2) is 11.0 Å². The van der Waals surface area contributed by atoms with Crippen LogP contribution in [0.1, 0.15) is 17.2 Å². The van der Waals surface area contributed by atoms with Gasteiger partial charge in [-0.25, -0.2) is 9.67 Å². The highest BCUT2D eigenvalue weighted by molar-refractivity contribution is 8.14. The van der Waals surface area contributed by atoms with Gasteiger partial charge < -0.3 is 10.1 Å². The third kappa shape index (κ3) is 6.10. The Balaban J connectivity index is 1.22. The summed E-state index contributed by atoms with van der Waals surface area (Å²) < 4.78 is 80.7. The fourth-order valence-electron chi connectivity index (χ4n) is 3.65. The van der Waals surface area contributed by atoms with Crippen LogP contribution < -0.4 is 10.1 Å². The van der Waals surface area contributed by atoms with E-state index in [0.717, 1.165) is 23.4 Å². The largest absolute Gasteiger partial charge is 0.573 e. The number of thioether (sulfide) groups is 1. The molecule has 0 amide bonds. The molecule has 5 rings (SSSR count). The fraction of sp³-hybridized carbons (Fsp3) is 0.160. The van der Waals surface area contributed by atoms with Crippen molar-refractivity contribution in [2.75, 3.05) is 11.1 Å². The molecule has 1 aliphatic rings. The van der Waals surface area contributed by atoms with Crippen LogP contribution in [-0.2, 0) is 6.18 Å². The van der Waals surface area contributed by atoms with Crippen molar-refractivity contribution in [2.45, 2.75) is 18.6 Å². The van der Waals surface area contributed by atoms with Crippen LogP contribution in [-0.4, -0.2) is 32.0 Å². The summed E-state index contributed by atoms with van der Waals surface area (Å²) in [5, 5.41) is 8.23. The van der Waals surface area contributed by atoms with Gasteiger partial charge in [-0.1, -0.05) is 23.9 Å². The molecule has 1 atom stereocenters. The number of hydrogen-bond acceptors (Lipinski definition) is 6. The van der Waals surface area contributed by atoms with Crippen LogP contribution in [0.15, 0.2) is 84.1 Å². The maximum absolute atomic E-state index is 12.8. The zero-order valence-electron chi connectivity index (χ0n) is 19.2. The summed E-state index contributed by atoms with van der Waals surface area (Å²) in [5.41, 5.74) is 1.95. The van der Waals surface area contributed by atoms with E-state index in [1.165, 1.54) is 47.0 Å². The quantitative estimate of drug-likeness (QED) is 0.269. The molecule has 196 valence electrons. The zero-order chi connectivity index (χ0) is 26.9. The van der Waals surface area contributed by atoms with Gasteiger partial charge >= 0.3 is 12.5 Å². The van der Waals surface area contributed by atoms with Crippen molar-refractivity contribution < 1.29 is 31.1 Å². The molecule has 3 aromatic carbocycles. The number of alkyl halides is 6. The standard InChI is InChI=1S/C25H17F6N5OS/c26-24(27,28)17-5-9-19(10-6-17)36-14-32-22(35-36)16-1-7-18(8-2-16)33-23-34-21(13-38-23)15-3-11-20(12-4-15)37-25(29,30)31/h1-12,14,21H,13H2,(H,33,34). The monoisotopic (exact) mass is 549 g/mol. The van der Waals surface area contributed by atoms with E-state index in [2.05, 4.69) is 25.1 Å². The van der Waals surface area contributed by atoms with Gasteiger partial charge in [0, 0.05) is 17.0 Å². The second-order valence-corrected chi connectivity index (χ2v) is 9.15. The van der Waals surface area contributed by atoms with Crippen LogP contribution in [0.25, 0.3) is 17.1 Å². The maximum Gasteiger partial charge on any atom is 0.573 e. The number of aliphatic imine (C=N–C) groups is 1. The number of anilines is 1. The lowest BCUT2D eigenvalue weighted by molar-refractivity contribution is -0.274. The number of amidine groups is 1. The lowest BCUT2D eigenvalue weighted by Crippen LogP contribution is -2.17. The van der Waals surface area contributed by atoms with Gasteiger partial charge in [-0.2, -0.15) is 13.2 Å². The van der Waals surface area contributed by atoms with Crippen molar-refractivity contribution in [2.24, 2.45) is 4.99 Å². The van der Waals surface area contributed by atoms with E-state index >= 15 is 0 Å². The molecule has 0 radical (unpaired) electrons. The van der Waals surface area contributed by atoms with Crippen molar-refractivity contribution in [3.63, 3.8) is 0 Å². The van der Waals surface area contributed by atoms with E-state index in [1.807, 2.05) is 12.1 Å². The van der Waals surface area contributed by atoms with E-state index in [1.54, 1.807) is 24.3 Å². The molecule has 0 saturated heterocycles. The molecule has 6 nitrogen and oxygen atoms in total. The molecule has 0 fully saturated rings. The van der Waals surface area contributed by atoms with Gasteiger partial charge in [0.05, 0.1) is 17.3 Å². The zero-order valence-corrected chi connectivity index (χ0v) is 20.0. The highest BCUT2D eigenvalue weighted by atomic mass is 32.2. The predicted octanol–water partition coefficient (Wildman–Crippen LogP) is 7.11. The summed E-state index contributed by atoms with van der Waals surface area (Å²) in [6, 6.07) is 17.3. The van der Waals surface area contributed by atoms with Crippen LogP contribution in [0.2, 0.25) is 0 Å². The Morgan fingerprint density at radius 2 is 1.55 bits per heavy atom. The van der Waals surface area contributed by atoms with Gasteiger partial charge in [-0.15, -0.1) is 18.3 Å². The Labute approximate surface area is 216 Å². The van der Waals surface area contributed by atoms with Gasteiger partial charge in [-0.3, -0.25) is 4.99 Å². The minimum absolute atomic E-state index is 0.208. The molecule has 0 aliphatic carbocycles. The first kappa shape index (κ1) is 25.6. The Morgan fingerprint density at radius 3 is 2.18 bits per heavy atom. The first-order chi connectivity index (χ1) is 18.0. The lowest BCUT2D eigenvalue weighted by atomic mass is 10.1. The van der Waals surface area contributed by atoms with Crippen LogP contribution in [0.5, 0.6) is 5.75 Å². The highest BCUT2D eigenvalue weighted by Crippen LogP contribution is 2.33. The SMILES string of the molecule is FC(F)(F)Oc1ccc(C2CSC(Nc3ccc(-c4ncn(-c5ccc(C(F)(F)F)cc5)n4)cc3)=N2)cc1. The van der Waals surface area contributed by atoms with Crippen LogP contribution in [0.3, 0.4) is 0 Å². The van der Waals surface area contributed by atoms with Crippen molar-refractivity contribution in [3.8, 4) is 22.8 Å². The third-order valence-corrected chi connectivity index (χ3v) is 6.46. The predicted molar refractivity (Wildman–Crippen MR) is 131 cm³/mol. The highest BCUT2D eigenvalue weighted by Gasteiger charge is 2.31. The van der Waals surface area contributed by atoms with Gasteiger partial charge in [0.2, 0.25) is 0 Å². The van der Waals surface area contributed by atoms with E-state index in [4.69, 9.17) is 0 Å². The molecule has 1 unspecified atom stereocenters. The molecule has 0 spiro atoms. The summed E-state index contributed by atoms with van der Waals surface area (Å²) in [6.07, 6.45) is -7.72. The summed E-state index contributed by atoms with van der Waals surface area (Å²) in [7, 11) is 0. The number of aromatic nitrogens is 3. The minimum atomic E-state index is -4.74. The normalized spacial score (nSPS) is 15.8. The molecule has 1 N–H and O–H groups in total. The second kappa shape index (κ2) is 10.0. The molecular formula is C25H17F6N5OS. The van der Waals surface area contributed by atoms with Crippen molar-refractivity contribution >= 4 is 22.6 Å². The van der Waals surface area contributed by atoms with Gasteiger partial charge in [0.1, 0.15) is 12.1 Å². The smallest absolute Gasteiger partial charge is 0.406 e. The summed E-state index contributed by atoms with van der Waals surface area (Å²) in [4.78, 5) is 8.85. The topological polar surface area (TPSA) is 64.3 Å². The van der Waals surface area contributed by atoms with E-state index in [-0.39, 0.29) is 11.8 Å². The fourth-order valence-corrected chi connectivity index (χ4v) is 4.63. The molecule has 38 heavy (non-hydrogen) atoms. The van der Waals surface area contributed by atoms with Crippen molar-refractivity contribution in [1.82, 2.24) is 14.8 Å². The number of halogens is 6. The Bertz CT molecular complexity index is 1430. The molecule has 0 bridgehead atoms. The molecule has 1 aromatic heterocycles. The Kier molecular flexibility index (Phi) is 6.78. The Hall–Kier alpha value is -4.00. The van der Waals surface area contributed by atoms with Crippen LogP contribution in [0.4, 0.5) is 32.0 Å². The molecule has 4 aromatic rings. The molecular weight excluding hydrogens is 532 g/mol. The number of hydrogen-bond donors (Lipinski definition) is 1. The average Bonchev–Trinajstić information content (AvgIpc) is 3.54. The second-order valence-electron chi connectivity index (χ2n) is 8.14. The maximum atomic E-state index is 12.8. The number of nitrogens with zero attached hydrogens (tertiary/aromatic N) is 4. The number of benzene rings is 3. The summed E-state index contributed by atoms with van der Waals surface area (Å²) in [6.45, 7) is 0. The van der Waals surface area contributed by atoms with Gasteiger partial charge in [0.25, 0.3) is 0 Å². The first-order valence-corrected chi connectivity index (χ1v) is 12.1. The third-order valence-electron chi connectivity index (χ3n) is 5.49. The first-order valence-electron chi connectivity index (χ1n) is 11.1. The van der Waals surface area contributed by atoms with Gasteiger partial charge in [-0.05, 0) is 66.2 Å². The van der Waals surface area contributed by atoms with E-state index in [9.17, 15) is 26.3 Å². The summed E-state index contributed by atoms with van der Waals surface area (Å²) >= 11 is 1.49. The van der Waals surface area contributed by atoms with E-state index < -0.39 is 18.1 Å². The number of ether oxygens (including phenoxy) is 1. The van der Waals surface area contributed by atoms with Crippen LogP contribution in [0, 0.1) is 0 Å². The molecule has 2 heterocycles. The van der Waals surface area contributed by atoms with Crippen LogP contribution >= 0.6 is 11.8 Å². The van der Waals surface area contributed by atoms with Crippen molar-refractivity contribution in [3.05, 3.63) is 90.3 Å². The average molecular weight is 550 g/mol. The molecule has 0 saturated carbocycles. The number of rotatable bonds is 5.